The zero-order valence-electron chi connectivity index (χ0n) is 6.25. The molecule has 1 fully saturated rings. The van der Waals surface area contributed by atoms with E-state index in [2.05, 4.69) is 11.7 Å². The van der Waals surface area contributed by atoms with Crippen molar-refractivity contribution in [2.75, 3.05) is 0 Å². The summed E-state index contributed by atoms with van der Waals surface area (Å²) in [6.45, 7) is 0. The molecule has 0 unspecified atom stereocenters. The first-order valence-electron chi connectivity index (χ1n) is 3.77. The van der Waals surface area contributed by atoms with Crippen LogP contribution in [0.5, 0.6) is 0 Å². The molecule has 0 aromatic heterocycles. The smallest absolute Gasteiger partial charge is 0.320 e. The molecule has 0 amide bonds. The van der Waals surface area contributed by atoms with E-state index in [0.717, 1.165) is 25.7 Å². The number of carboxylic acid groups (broad SMARTS) is 1. The van der Waals surface area contributed by atoms with E-state index in [9.17, 15) is 4.79 Å². The highest BCUT2D eigenvalue weighted by Gasteiger charge is 2.39. The van der Waals surface area contributed by atoms with Crippen LogP contribution in [0.25, 0.3) is 0 Å². The van der Waals surface area contributed by atoms with E-state index in [4.69, 9.17) is 5.11 Å². The molecule has 0 heterocycles. The van der Waals surface area contributed by atoms with Crippen LogP contribution in [0.1, 0.15) is 32.1 Å². The van der Waals surface area contributed by atoms with Gasteiger partial charge >= 0.3 is 5.97 Å². The van der Waals surface area contributed by atoms with Gasteiger partial charge in [0.1, 0.15) is 4.75 Å². The lowest BCUT2D eigenvalue weighted by Crippen LogP contribution is -2.36. The van der Waals surface area contributed by atoms with Crippen LogP contribution in [0.2, 0.25) is 0 Å². The van der Waals surface area contributed by atoms with Crippen molar-refractivity contribution in [1.29, 1.82) is 0 Å². The second-order valence-electron chi connectivity index (χ2n) is 2.95. The summed E-state index contributed by atoms with van der Waals surface area (Å²) in [7, 11) is 1.20. The number of carbonyl (C=O) groups is 1. The average Bonchev–Trinajstić information content (AvgIpc) is 2.05. The third kappa shape index (κ3) is 1.85. The Morgan fingerprint density at radius 2 is 1.91 bits per heavy atom. The van der Waals surface area contributed by atoms with Crippen LogP contribution in [0.3, 0.4) is 0 Å². The van der Waals surface area contributed by atoms with Gasteiger partial charge < -0.3 is 5.11 Å². The Morgan fingerprint density at radius 1 is 1.36 bits per heavy atom. The monoisotopic (exact) mass is 192 g/mol. The van der Waals surface area contributed by atoms with Crippen LogP contribution < -0.4 is 0 Å². The molecule has 2 nitrogen and oxygen atoms in total. The SMILES string of the molecule is O=C(O)C1(SS)CCCCC1. The van der Waals surface area contributed by atoms with E-state index in [1.54, 1.807) is 0 Å². The zero-order chi connectivity index (χ0) is 8.32. The first-order chi connectivity index (χ1) is 5.21. The summed E-state index contributed by atoms with van der Waals surface area (Å²) >= 11 is 4.02. The molecule has 1 aliphatic rings. The molecule has 0 bridgehead atoms. The van der Waals surface area contributed by atoms with Crippen LogP contribution in [0.4, 0.5) is 0 Å². The van der Waals surface area contributed by atoms with E-state index in [0.29, 0.717) is 0 Å². The van der Waals surface area contributed by atoms with E-state index in [-0.39, 0.29) is 0 Å². The van der Waals surface area contributed by atoms with E-state index >= 15 is 0 Å². The van der Waals surface area contributed by atoms with Crippen molar-refractivity contribution in [3.8, 4) is 0 Å². The van der Waals surface area contributed by atoms with E-state index in [1.807, 2.05) is 0 Å². The maximum atomic E-state index is 10.8. The topological polar surface area (TPSA) is 37.3 Å². The molecule has 1 saturated carbocycles. The fraction of sp³-hybridized carbons (Fsp3) is 0.857. The minimum atomic E-state index is -0.697. The Kier molecular flexibility index (Phi) is 3.13. The number of aliphatic carboxylic acids is 1. The van der Waals surface area contributed by atoms with Crippen LogP contribution in [-0.4, -0.2) is 15.8 Å². The molecule has 0 spiro atoms. The summed E-state index contributed by atoms with van der Waals surface area (Å²) in [4.78, 5) is 10.8. The van der Waals surface area contributed by atoms with Gasteiger partial charge in [-0.05, 0) is 12.8 Å². The summed E-state index contributed by atoms with van der Waals surface area (Å²) in [6, 6.07) is 0. The predicted octanol–water partition coefficient (Wildman–Crippen LogP) is 2.35. The molecule has 11 heavy (non-hydrogen) atoms. The Hall–Kier alpha value is 0.170. The summed E-state index contributed by atoms with van der Waals surface area (Å²) in [6.07, 6.45) is 4.77. The highest BCUT2D eigenvalue weighted by molar-refractivity contribution is 8.69. The van der Waals surface area contributed by atoms with Gasteiger partial charge in [0.25, 0.3) is 0 Å². The van der Waals surface area contributed by atoms with Gasteiger partial charge in [-0.2, -0.15) is 0 Å². The van der Waals surface area contributed by atoms with Crippen molar-refractivity contribution < 1.29 is 9.90 Å². The second-order valence-corrected chi connectivity index (χ2v) is 4.46. The lowest BCUT2D eigenvalue weighted by atomic mass is 9.88. The van der Waals surface area contributed by atoms with Crippen LogP contribution in [0, 0.1) is 0 Å². The van der Waals surface area contributed by atoms with Gasteiger partial charge in [0.2, 0.25) is 0 Å². The number of hydrogen-bond donors (Lipinski definition) is 2. The minimum absolute atomic E-state index is 0.582. The maximum absolute atomic E-state index is 10.8. The number of thiol groups is 1. The molecule has 0 aromatic rings. The quantitative estimate of drug-likeness (QED) is 0.521. The molecular formula is C7H12O2S2. The number of carboxylic acids is 1. The van der Waals surface area contributed by atoms with Crippen molar-refractivity contribution in [2.45, 2.75) is 36.9 Å². The Bertz CT molecular complexity index is 153. The van der Waals surface area contributed by atoms with Crippen molar-refractivity contribution in [1.82, 2.24) is 0 Å². The van der Waals surface area contributed by atoms with Crippen molar-refractivity contribution >= 4 is 28.4 Å². The van der Waals surface area contributed by atoms with E-state index in [1.165, 1.54) is 17.2 Å². The normalized spacial score (nSPS) is 23.0. The third-order valence-electron chi connectivity index (χ3n) is 2.23. The molecule has 0 aliphatic heterocycles. The Balaban J connectivity index is 2.64. The van der Waals surface area contributed by atoms with Crippen LogP contribution >= 0.6 is 22.5 Å². The molecule has 1 aliphatic carbocycles. The van der Waals surface area contributed by atoms with Gasteiger partial charge in [0.05, 0.1) is 0 Å². The zero-order valence-corrected chi connectivity index (χ0v) is 7.96. The summed E-state index contributed by atoms with van der Waals surface area (Å²) in [5, 5.41) is 8.92. The average molecular weight is 192 g/mol. The van der Waals surface area contributed by atoms with Crippen molar-refractivity contribution in [3.63, 3.8) is 0 Å². The van der Waals surface area contributed by atoms with Crippen molar-refractivity contribution in [2.24, 2.45) is 0 Å². The van der Waals surface area contributed by atoms with Gasteiger partial charge in [-0.25, -0.2) is 0 Å². The standard InChI is InChI=1S/C7H12O2S2/c8-6(9)7(11-10)4-2-1-3-5-7/h10H,1-5H2,(H,8,9). The fourth-order valence-corrected chi connectivity index (χ4v) is 2.80. The van der Waals surface area contributed by atoms with E-state index < -0.39 is 10.7 Å². The lowest BCUT2D eigenvalue weighted by molar-refractivity contribution is -0.140. The second kappa shape index (κ2) is 3.72. The molecule has 4 heteroatoms. The van der Waals surface area contributed by atoms with Gasteiger partial charge in [0, 0.05) is 0 Å². The van der Waals surface area contributed by atoms with Gasteiger partial charge in [-0.15, -0.1) is 11.7 Å². The summed E-state index contributed by atoms with van der Waals surface area (Å²) < 4.78 is -0.582. The highest BCUT2D eigenvalue weighted by Crippen LogP contribution is 2.41. The van der Waals surface area contributed by atoms with Gasteiger partial charge in [-0.1, -0.05) is 30.1 Å². The maximum Gasteiger partial charge on any atom is 0.320 e. The largest absolute Gasteiger partial charge is 0.480 e. The van der Waals surface area contributed by atoms with Crippen LogP contribution in [0.15, 0.2) is 0 Å². The van der Waals surface area contributed by atoms with Crippen LogP contribution in [-0.2, 0) is 4.79 Å². The fourth-order valence-electron chi connectivity index (χ4n) is 1.47. The predicted molar refractivity (Wildman–Crippen MR) is 50.0 cm³/mol. The Labute approximate surface area is 75.6 Å². The molecule has 1 N–H and O–H groups in total. The molecule has 0 atom stereocenters. The number of hydrogen-bond acceptors (Lipinski definition) is 3. The minimum Gasteiger partial charge on any atom is -0.480 e. The molecule has 1 rings (SSSR count). The molecule has 0 saturated heterocycles. The molecule has 64 valence electrons. The van der Waals surface area contributed by atoms with Crippen molar-refractivity contribution in [3.05, 3.63) is 0 Å². The van der Waals surface area contributed by atoms with Gasteiger partial charge in [0.15, 0.2) is 0 Å². The molecular weight excluding hydrogens is 180 g/mol. The summed E-state index contributed by atoms with van der Waals surface area (Å²) in [5.41, 5.74) is 0. The first kappa shape index (κ1) is 9.26. The highest BCUT2D eigenvalue weighted by atomic mass is 33.1. The molecule has 0 radical (unpaired) electrons. The third-order valence-corrected chi connectivity index (χ3v) is 4.21. The lowest BCUT2D eigenvalue weighted by Gasteiger charge is -2.30. The van der Waals surface area contributed by atoms with Gasteiger partial charge in [-0.3, -0.25) is 4.79 Å². The Morgan fingerprint density at radius 3 is 2.18 bits per heavy atom. The number of rotatable bonds is 2. The summed E-state index contributed by atoms with van der Waals surface area (Å²) in [5.74, 6) is -0.697. The first-order valence-corrected chi connectivity index (χ1v) is 5.64. The molecule has 0 aromatic carbocycles.